The summed E-state index contributed by atoms with van der Waals surface area (Å²) >= 11 is 0. The minimum absolute atomic E-state index is 0.0369. The van der Waals surface area contributed by atoms with Gasteiger partial charge < -0.3 is 9.47 Å². The van der Waals surface area contributed by atoms with Gasteiger partial charge in [0, 0.05) is 33.3 Å². The number of carbonyl (C=O) groups is 1. The Morgan fingerprint density at radius 2 is 1.84 bits per heavy atom. The highest BCUT2D eigenvalue weighted by Crippen LogP contribution is 2.07. The summed E-state index contributed by atoms with van der Waals surface area (Å²) < 4.78 is 36.5. The molecule has 0 N–H and O–H groups in total. The molecule has 0 fully saturated rings. The van der Waals surface area contributed by atoms with Gasteiger partial charge in [-0.2, -0.15) is 17.0 Å². The van der Waals surface area contributed by atoms with Crippen molar-refractivity contribution in [2.75, 3.05) is 47.0 Å². The number of likely N-dealkylation sites (N-methyl/N-ethyl adjacent to an activating group) is 1. The number of methoxy groups -OCH3 is 1. The minimum atomic E-state index is -3.56. The van der Waals surface area contributed by atoms with Crippen LogP contribution < -0.4 is 0 Å². The number of nitrogens with zero attached hydrogens (tertiary/aromatic N) is 2. The minimum Gasteiger partial charge on any atom is -0.469 e. The van der Waals surface area contributed by atoms with E-state index >= 15 is 0 Å². The van der Waals surface area contributed by atoms with Gasteiger partial charge in [-0.1, -0.05) is 6.92 Å². The number of hydrogen-bond acceptors (Lipinski definition) is 5. The van der Waals surface area contributed by atoms with E-state index in [1.165, 1.54) is 18.5 Å². The van der Waals surface area contributed by atoms with E-state index in [0.29, 0.717) is 26.3 Å². The lowest BCUT2D eigenvalue weighted by molar-refractivity contribution is -0.140. The zero-order valence-electron chi connectivity index (χ0n) is 12.1. The fraction of sp³-hybridized carbons (Fsp3) is 0.909. The lowest BCUT2D eigenvalue weighted by Gasteiger charge is -2.26. The van der Waals surface area contributed by atoms with Crippen LogP contribution in [0.15, 0.2) is 0 Å². The topological polar surface area (TPSA) is 76.2 Å². The molecule has 0 rings (SSSR count). The van der Waals surface area contributed by atoms with Crippen LogP contribution in [0.25, 0.3) is 0 Å². The molecule has 0 saturated carbocycles. The molecule has 19 heavy (non-hydrogen) atoms. The first kappa shape index (κ1) is 18.3. The zero-order chi connectivity index (χ0) is 14.9. The third-order valence-electron chi connectivity index (χ3n) is 2.62. The summed E-state index contributed by atoms with van der Waals surface area (Å²) in [5.74, 6) is -0.431. The normalized spacial score (nSPS) is 12.1. The molecule has 0 amide bonds. The lowest BCUT2D eigenvalue weighted by atomic mass is 10.4. The van der Waals surface area contributed by atoms with Crippen molar-refractivity contribution in [3.05, 3.63) is 0 Å². The van der Waals surface area contributed by atoms with Crippen LogP contribution in [0.2, 0.25) is 0 Å². The maximum atomic E-state index is 12.2. The summed E-state index contributed by atoms with van der Waals surface area (Å²) in [4.78, 5) is 11.0. The molecule has 0 aliphatic heterocycles. The number of hydrogen-bond donors (Lipinski definition) is 0. The van der Waals surface area contributed by atoms with Crippen LogP contribution in [0.5, 0.6) is 0 Å². The molecule has 0 radical (unpaired) electrons. The Balaban J connectivity index is 4.49. The maximum Gasteiger partial charge on any atom is 0.306 e. The summed E-state index contributed by atoms with van der Waals surface area (Å²) in [6, 6.07) is 0. The maximum absolute atomic E-state index is 12.2. The smallest absolute Gasteiger partial charge is 0.306 e. The van der Waals surface area contributed by atoms with Gasteiger partial charge in [0.1, 0.15) is 0 Å². The van der Waals surface area contributed by atoms with Gasteiger partial charge in [-0.05, 0) is 6.92 Å². The van der Waals surface area contributed by atoms with E-state index in [9.17, 15) is 13.2 Å². The van der Waals surface area contributed by atoms with Gasteiger partial charge >= 0.3 is 5.97 Å². The standard InChI is InChI=1S/C11H24N2O5S/c1-5-13(9-10-18-6-2)19(15,16)12(3)8-7-11(14)17-4/h5-10H2,1-4H3. The van der Waals surface area contributed by atoms with Crippen LogP contribution in [0, 0.1) is 0 Å². The fourth-order valence-corrected chi connectivity index (χ4v) is 2.76. The monoisotopic (exact) mass is 296 g/mol. The average molecular weight is 296 g/mol. The second kappa shape index (κ2) is 9.24. The molecule has 0 bridgehead atoms. The summed E-state index contributed by atoms with van der Waals surface area (Å²) in [7, 11) is -0.835. The summed E-state index contributed by atoms with van der Waals surface area (Å²) in [5, 5.41) is 0. The van der Waals surface area contributed by atoms with Gasteiger partial charge in [0.05, 0.1) is 20.1 Å². The Labute approximate surface area is 115 Å². The van der Waals surface area contributed by atoms with E-state index in [-0.39, 0.29) is 13.0 Å². The zero-order valence-corrected chi connectivity index (χ0v) is 12.9. The van der Waals surface area contributed by atoms with Crippen LogP contribution in [-0.4, -0.2) is 70.0 Å². The summed E-state index contributed by atoms with van der Waals surface area (Å²) in [6.45, 7) is 5.28. The molecule has 0 saturated heterocycles. The third-order valence-corrected chi connectivity index (χ3v) is 4.68. The van der Waals surface area contributed by atoms with E-state index in [2.05, 4.69) is 4.74 Å². The van der Waals surface area contributed by atoms with Gasteiger partial charge in [0.2, 0.25) is 0 Å². The molecule has 0 aromatic rings. The Morgan fingerprint density at radius 1 is 1.21 bits per heavy atom. The van der Waals surface area contributed by atoms with Crippen molar-refractivity contribution in [1.29, 1.82) is 0 Å². The predicted octanol–water partition coefficient (Wildman–Crippen LogP) is 0.0845. The van der Waals surface area contributed by atoms with Crippen molar-refractivity contribution in [2.45, 2.75) is 20.3 Å². The second-order valence-corrected chi connectivity index (χ2v) is 5.88. The first-order valence-electron chi connectivity index (χ1n) is 6.26. The number of ether oxygens (including phenoxy) is 2. The van der Waals surface area contributed by atoms with Gasteiger partial charge in [-0.3, -0.25) is 4.79 Å². The quantitative estimate of drug-likeness (QED) is 0.422. The molecule has 0 spiro atoms. The Kier molecular flexibility index (Phi) is 8.90. The molecule has 0 aromatic heterocycles. The number of esters is 1. The molecule has 0 atom stereocenters. The van der Waals surface area contributed by atoms with Crippen molar-refractivity contribution in [2.24, 2.45) is 0 Å². The molecule has 7 nitrogen and oxygen atoms in total. The summed E-state index contributed by atoms with van der Waals surface area (Å²) in [6.07, 6.45) is 0.0369. The van der Waals surface area contributed by atoms with E-state index < -0.39 is 16.2 Å². The second-order valence-electron chi connectivity index (χ2n) is 3.84. The fourth-order valence-electron chi connectivity index (χ4n) is 1.41. The molecule has 0 aliphatic rings. The van der Waals surface area contributed by atoms with Crippen LogP contribution in [0.1, 0.15) is 20.3 Å². The molecule has 0 aliphatic carbocycles. The largest absolute Gasteiger partial charge is 0.469 e. The molecule has 114 valence electrons. The highest BCUT2D eigenvalue weighted by molar-refractivity contribution is 7.86. The predicted molar refractivity (Wildman–Crippen MR) is 71.9 cm³/mol. The van der Waals surface area contributed by atoms with E-state index in [0.717, 1.165) is 4.31 Å². The first-order chi connectivity index (χ1) is 8.89. The highest BCUT2D eigenvalue weighted by atomic mass is 32.2. The lowest BCUT2D eigenvalue weighted by Crippen LogP contribution is -2.44. The SMILES string of the molecule is CCOCCN(CC)S(=O)(=O)N(C)CCC(=O)OC. The number of rotatable bonds is 10. The molecular weight excluding hydrogens is 272 g/mol. The third kappa shape index (κ3) is 6.33. The van der Waals surface area contributed by atoms with Gasteiger partial charge in [-0.25, -0.2) is 0 Å². The molecular formula is C11H24N2O5S. The summed E-state index contributed by atoms with van der Waals surface area (Å²) in [5.41, 5.74) is 0. The van der Waals surface area contributed by atoms with Gasteiger partial charge in [0.25, 0.3) is 10.2 Å². The van der Waals surface area contributed by atoms with Crippen LogP contribution in [-0.2, 0) is 24.5 Å². The van der Waals surface area contributed by atoms with Crippen LogP contribution in [0.4, 0.5) is 0 Å². The molecule has 0 heterocycles. The first-order valence-corrected chi connectivity index (χ1v) is 7.65. The van der Waals surface area contributed by atoms with Crippen molar-refractivity contribution in [3.63, 3.8) is 0 Å². The van der Waals surface area contributed by atoms with E-state index in [4.69, 9.17) is 4.74 Å². The van der Waals surface area contributed by atoms with Crippen LogP contribution >= 0.6 is 0 Å². The van der Waals surface area contributed by atoms with E-state index in [1.54, 1.807) is 6.92 Å². The van der Waals surface area contributed by atoms with Crippen molar-refractivity contribution < 1.29 is 22.7 Å². The average Bonchev–Trinajstić information content (AvgIpc) is 2.40. The molecule has 8 heteroatoms. The van der Waals surface area contributed by atoms with Crippen molar-refractivity contribution >= 4 is 16.2 Å². The van der Waals surface area contributed by atoms with Crippen molar-refractivity contribution in [3.8, 4) is 0 Å². The molecule has 0 unspecified atom stereocenters. The molecule has 0 aromatic carbocycles. The van der Waals surface area contributed by atoms with Gasteiger partial charge in [0.15, 0.2) is 0 Å². The number of carbonyl (C=O) groups excluding carboxylic acids is 1. The Bertz CT molecular complexity index is 358. The van der Waals surface area contributed by atoms with Crippen LogP contribution in [0.3, 0.4) is 0 Å². The Hall–Kier alpha value is -0.700. The van der Waals surface area contributed by atoms with Gasteiger partial charge in [-0.15, -0.1) is 0 Å². The van der Waals surface area contributed by atoms with E-state index in [1.807, 2.05) is 6.92 Å². The van der Waals surface area contributed by atoms with Crippen molar-refractivity contribution in [1.82, 2.24) is 8.61 Å². The highest BCUT2D eigenvalue weighted by Gasteiger charge is 2.25. The Morgan fingerprint density at radius 3 is 2.32 bits per heavy atom.